The van der Waals surface area contributed by atoms with Gasteiger partial charge in [0, 0.05) is 19.5 Å². The van der Waals surface area contributed by atoms with E-state index in [9.17, 15) is 4.79 Å². The van der Waals surface area contributed by atoms with Crippen LogP contribution in [-0.4, -0.2) is 56.9 Å². The van der Waals surface area contributed by atoms with Gasteiger partial charge in [0.25, 0.3) is 0 Å². The Balaban J connectivity index is 1.30. The summed E-state index contributed by atoms with van der Waals surface area (Å²) in [6.45, 7) is 4.31. The number of hydrogen-bond donors (Lipinski definition) is 0. The zero-order valence-electron chi connectivity index (χ0n) is 18.3. The van der Waals surface area contributed by atoms with Gasteiger partial charge in [0.2, 0.25) is 5.91 Å². The van der Waals surface area contributed by atoms with Gasteiger partial charge < -0.3 is 9.80 Å². The highest BCUT2D eigenvalue weighted by Gasteiger charge is 2.38. The number of benzene rings is 2. The second-order valence-electron chi connectivity index (χ2n) is 9.48. The number of carbonyl (C=O) groups excluding carboxylic acids is 1. The van der Waals surface area contributed by atoms with Crippen molar-refractivity contribution >= 4 is 5.91 Å². The molecule has 3 aromatic rings. The quantitative estimate of drug-likeness (QED) is 0.640. The summed E-state index contributed by atoms with van der Waals surface area (Å²) in [6.07, 6.45) is 7.64. The van der Waals surface area contributed by atoms with Gasteiger partial charge in [0.05, 0.1) is 24.1 Å². The topological polar surface area (TPSA) is 54.3 Å². The van der Waals surface area contributed by atoms with E-state index >= 15 is 0 Å². The van der Waals surface area contributed by atoms with E-state index in [2.05, 4.69) is 68.6 Å². The number of aromatic nitrogens is 3. The van der Waals surface area contributed by atoms with Crippen molar-refractivity contribution in [1.82, 2.24) is 24.8 Å². The second-order valence-corrected chi connectivity index (χ2v) is 9.48. The summed E-state index contributed by atoms with van der Waals surface area (Å²) in [5.74, 6) is 1.54. The molecule has 5 heterocycles. The molecule has 4 aliphatic rings. The molecule has 0 unspecified atom stereocenters. The maximum atomic E-state index is 13.7. The Morgan fingerprint density at radius 1 is 1.00 bits per heavy atom. The Labute approximate surface area is 188 Å². The lowest BCUT2D eigenvalue weighted by atomic mass is 9.77. The average Bonchev–Trinajstić information content (AvgIpc) is 3.39. The first-order chi connectivity index (χ1) is 15.8. The maximum absolute atomic E-state index is 13.7. The predicted molar refractivity (Wildman–Crippen MR) is 122 cm³/mol. The minimum atomic E-state index is -0.0293. The first-order valence-electron chi connectivity index (χ1n) is 11.8. The highest BCUT2D eigenvalue weighted by atomic mass is 16.2. The van der Waals surface area contributed by atoms with E-state index in [4.69, 9.17) is 0 Å². The molecule has 6 heteroatoms. The van der Waals surface area contributed by atoms with Crippen LogP contribution in [0.25, 0.3) is 5.69 Å². The van der Waals surface area contributed by atoms with Crippen molar-refractivity contribution in [2.24, 2.45) is 11.8 Å². The van der Waals surface area contributed by atoms with Gasteiger partial charge in [-0.15, -0.1) is 5.10 Å². The van der Waals surface area contributed by atoms with Gasteiger partial charge in [-0.2, -0.15) is 0 Å². The predicted octanol–water partition coefficient (Wildman–Crippen LogP) is 3.47. The van der Waals surface area contributed by atoms with Gasteiger partial charge in [0.1, 0.15) is 0 Å². The summed E-state index contributed by atoms with van der Waals surface area (Å²) in [4.78, 5) is 18.4. The molecule has 3 fully saturated rings. The van der Waals surface area contributed by atoms with E-state index in [-0.39, 0.29) is 6.04 Å². The lowest BCUT2D eigenvalue weighted by molar-refractivity contribution is -0.136. The van der Waals surface area contributed by atoms with Crippen LogP contribution >= 0.6 is 0 Å². The molecule has 6 nitrogen and oxygen atoms in total. The minimum Gasteiger partial charge on any atom is -0.331 e. The Bertz CT molecular complexity index is 1090. The highest BCUT2D eigenvalue weighted by molar-refractivity contribution is 5.78. The SMILES string of the molecule is O=C(C[C@@H]1CN2CCC1CC2)N1CCc2ccccc2[C@@H]1c1ccc(-n2ccnn2)cc1. The van der Waals surface area contributed by atoms with Gasteiger partial charge in [-0.05, 0) is 73.0 Å². The Morgan fingerprint density at radius 3 is 2.53 bits per heavy atom. The van der Waals surface area contributed by atoms with Gasteiger partial charge in [0.15, 0.2) is 0 Å². The summed E-state index contributed by atoms with van der Waals surface area (Å²) in [5.41, 5.74) is 4.74. The standard InChI is InChI=1S/C26H29N5O/c32-25(17-22-18-29-13-9-19(22)10-14-29)30-15-11-20-3-1-2-4-24(20)26(30)21-5-7-23(8-6-21)31-16-12-27-28-31/h1-8,12,16,19,22,26H,9-11,13-15,17-18H2/t22-,26+/m1/s1. The van der Waals surface area contributed by atoms with E-state index in [0.29, 0.717) is 18.2 Å². The summed E-state index contributed by atoms with van der Waals surface area (Å²) in [5, 5.41) is 7.99. The van der Waals surface area contributed by atoms with Crippen LogP contribution in [0.5, 0.6) is 0 Å². The zero-order valence-corrected chi connectivity index (χ0v) is 18.3. The summed E-state index contributed by atoms with van der Waals surface area (Å²) in [7, 11) is 0. The molecule has 0 spiro atoms. The lowest BCUT2D eigenvalue weighted by Gasteiger charge is -2.46. The van der Waals surface area contributed by atoms with E-state index < -0.39 is 0 Å². The van der Waals surface area contributed by atoms with Crippen molar-refractivity contribution in [2.45, 2.75) is 31.7 Å². The zero-order chi connectivity index (χ0) is 21.5. The first-order valence-corrected chi connectivity index (χ1v) is 11.8. The molecule has 0 radical (unpaired) electrons. The molecular formula is C26H29N5O. The number of piperidine rings is 3. The molecule has 2 aromatic carbocycles. The lowest BCUT2D eigenvalue weighted by Crippen LogP contribution is -2.49. The normalized spacial score (nSPS) is 26.7. The number of amides is 1. The molecule has 0 aliphatic carbocycles. The molecule has 0 N–H and O–H groups in total. The Hall–Kier alpha value is -2.99. The summed E-state index contributed by atoms with van der Waals surface area (Å²) >= 11 is 0. The van der Waals surface area contributed by atoms with Crippen LogP contribution in [0.15, 0.2) is 60.9 Å². The van der Waals surface area contributed by atoms with Crippen LogP contribution in [0.3, 0.4) is 0 Å². The number of fused-ring (bicyclic) bond motifs is 4. The van der Waals surface area contributed by atoms with Crippen LogP contribution in [0, 0.1) is 11.8 Å². The Morgan fingerprint density at radius 2 is 1.81 bits per heavy atom. The van der Waals surface area contributed by atoms with Crippen LogP contribution in [0.4, 0.5) is 0 Å². The number of carbonyl (C=O) groups is 1. The third-order valence-corrected chi connectivity index (χ3v) is 7.73. The van der Waals surface area contributed by atoms with Crippen LogP contribution in [0.1, 0.15) is 42.0 Å². The number of hydrogen-bond acceptors (Lipinski definition) is 4. The fourth-order valence-electron chi connectivity index (χ4n) is 6.01. The van der Waals surface area contributed by atoms with Gasteiger partial charge in [-0.3, -0.25) is 4.79 Å². The fraction of sp³-hybridized carbons (Fsp3) is 0.423. The number of nitrogens with zero attached hydrogens (tertiary/aromatic N) is 5. The van der Waals surface area contributed by atoms with Crippen molar-refractivity contribution in [1.29, 1.82) is 0 Å². The molecule has 2 bridgehead atoms. The molecule has 7 rings (SSSR count). The molecule has 2 atom stereocenters. The molecule has 3 saturated heterocycles. The Kier molecular flexibility index (Phi) is 5.02. The monoisotopic (exact) mass is 427 g/mol. The van der Waals surface area contributed by atoms with Crippen molar-refractivity contribution in [2.75, 3.05) is 26.2 Å². The average molecular weight is 428 g/mol. The van der Waals surface area contributed by atoms with E-state index in [1.807, 2.05) is 6.20 Å². The fourth-order valence-corrected chi connectivity index (χ4v) is 6.01. The molecule has 32 heavy (non-hydrogen) atoms. The third kappa shape index (κ3) is 3.52. The van der Waals surface area contributed by atoms with Crippen LogP contribution < -0.4 is 0 Å². The summed E-state index contributed by atoms with van der Waals surface area (Å²) < 4.78 is 1.76. The highest BCUT2D eigenvalue weighted by Crippen LogP contribution is 2.39. The van der Waals surface area contributed by atoms with Gasteiger partial charge in [-0.1, -0.05) is 41.6 Å². The van der Waals surface area contributed by atoms with Gasteiger partial charge >= 0.3 is 0 Å². The minimum absolute atomic E-state index is 0.0293. The third-order valence-electron chi connectivity index (χ3n) is 7.73. The van der Waals surface area contributed by atoms with Crippen molar-refractivity contribution in [3.8, 4) is 5.69 Å². The molecule has 1 aromatic heterocycles. The molecule has 4 aliphatic heterocycles. The van der Waals surface area contributed by atoms with Gasteiger partial charge in [-0.25, -0.2) is 4.68 Å². The van der Waals surface area contributed by atoms with Crippen molar-refractivity contribution in [3.05, 3.63) is 77.6 Å². The summed E-state index contributed by atoms with van der Waals surface area (Å²) in [6, 6.07) is 17.0. The van der Waals surface area contributed by atoms with Crippen molar-refractivity contribution < 1.29 is 4.79 Å². The van der Waals surface area contributed by atoms with E-state index in [0.717, 1.165) is 36.7 Å². The molecule has 0 saturated carbocycles. The van der Waals surface area contributed by atoms with Crippen LogP contribution in [-0.2, 0) is 11.2 Å². The van der Waals surface area contributed by atoms with E-state index in [1.54, 1.807) is 10.9 Å². The second kappa shape index (κ2) is 8.17. The van der Waals surface area contributed by atoms with Crippen LogP contribution in [0.2, 0.25) is 0 Å². The van der Waals surface area contributed by atoms with E-state index in [1.165, 1.54) is 37.1 Å². The number of rotatable bonds is 4. The van der Waals surface area contributed by atoms with Crippen molar-refractivity contribution in [3.63, 3.8) is 0 Å². The smallest absolute Gasteiger partial charge is 0.223 e. The molecular weight excluding hydrogens is 398 g/mol. The molecule has 1 amide bonds. The largest absolute Gasteiger partial charge is 0.331 e. The molecule has 164 valence electrons. The first kappa shape index (κ1) is 19.7. The maximum Gasteiger partial charge on any atom is 0.223 e.